The van der Waals surface area contributed by atoms with Gasteiger partial charge >= 0.3 is 0 Å². The third-order valence-corrected chi connectivity index (χ3v) is 2.67. The molecule has 17 heavy (non-hydrogen) atoms. The van der Waals surface area contributed by atoms with Crippen molar-refractivity contribution in [3.05, 3.63) is 29.6 Å². The summed E-state index contributed by atoms with van der Waals surface area (Å²) >= 11 is 0. The van der Waals surface area contributed by atoms with E-state index in [2.05, 4.69) is 5.32 Å². The van der Waals surface area contributed by atoms with Crippen LogP contribution >= 0.6 is 0 Å². The van der Waals surface area contributed by atoms with Gasteiger partial charge in [0.2, 0.25) is 0 Å². The SMILES string of the molecule is COc1ccc(CNCC(O)C(C)C)cc1F. The van der Waals surface area contributed by atoms with Gasteiger partial charge in [-0.1, -0.05) is 19.9 Å². The normalized spacial score (nSPS) is 12.8. The fraction of sp³-hybridized carbons (Fsp3) is 0.538. The van der Waals surface area contributed by atoms with Crippen molar-refractivity contribution in [2.24, 2.45) is 5.92 Å². The molecule has 1 atom stereocenters. The number of hydrogen-bond acceptors (Lipinski definition) is 3. The van der Waals surface area contributed by atoms with Crippen LogP contribution in [0.5, 0.6) is 5.75 Å². The maximum atomic E-state index is 13.4. The first-order valence-corrected chi connectivity index (χ1v) is 5.75. The first-order valence-electron chi connectivity index (χ1n) is 5.75. The molecule has 0 saturated carbocycles. The van der Waals surface area contributed by atoms with E-state index in [4.69, 9.17) is 4.74 Å². The van der Waals surface area contributed by atoms with Crippen molar-refractivity contribution in [2.45, 2.75) is 26.5 Å². The Morgan fingerprint density at radius 3 is 2.65 bits per heavy atom. The third kappa shape index (κ3) is 4.32. The van der Waals surface area contributed by atoms with Crippen molar-refractivity contribution in [1.29, 1.82) is 0 Å². The van der Waals surface area contributed by atoms with Gasteiger partial charge in [0.25, 0.3) is 0 Å². The molecule has 0 aliphatic carbocycles. The predicted molar refractivity (Wildman–Crippen MR) is 65.5 cm³/mol. The molecule has 0 heterocycles. The Morgan fingerprint density at radius 2 is 2.12 bits per heavy atom. The van der Waals surface area contributed by atoms with Gasteiger partial charge in [0.15, 0.2) is 11.6 Å². The lowest BCUT2D eigenvalue weighted by Gasteiger charge is -2.15. The third-order valence-electron chi connectivity index (χ3n) is 2.67. The standard InChI is InChI=1S/C13H20FNO2/c1-9(2)12(16)8-15-7-10-4-5-13(17-3)11(14)6-10/h4-6,9,12,15-16H,7-8H2,1-3H3. The van der Waals surface area contributed by atoms with E-state index in [1.807, 2.05) is 13.8 Å². The molecule has 2 N–H and O–H groups in total. The van der Waals surface area contributed by atoms with Gasteiger partial charge in [-0.15, -0.1) is 0 Å². The summed E-state index contributed by atoms with van der Waals surface area (Å²) in [5, 5.41) is 12.7. The molecule has 1 aromatic carbocycles. The van der Waals surface area contributed by atoms with Crippen LogP contribution in [0, 0.1) is 11.7 Å². The highest BCUT2D eigenvalue weighted by Gasteiger charge is 2.08. The van der Waals surface area contributed by atoms with Gasteiger partial charge < -0.3 is 15.2 Å². The molecule has 0 radical (unpaired) electrons. The average Bonchev–Trinajstić information content (AvgIpc) is 2.29. The van der Waals surface area contributed by atoms with Crippen LogP contribution in [0.3, 0.4) is 0 Å². The summed E-state index contributed by atoms with van der Waals surface area (Å²) in [4.78, 5) is 0. The summed E-state index contributed by atoms with van der Waals surface area (Å²) in [6.45, 7) is 4.95. The van der Waals surface area contributed by atoms with E-state index in [1.54, 1.807) is 12.1 Å². The summed E-state index contributed by atoms with van der Waals surface area (Å²) in [7, 11) is 1.44. The highest BCUT2D eigenvalue weighted by Crippen LogP contribution is 2.17. The molecule has 1 unspecified atom stereocenters. The van der Waals surface area contributed by atoms with Gasteiger partial charge in [0, 0.05) is 13.1 Å². The van der Waals surface area contributed by atoms with E-state index in [0.717, 1.165) is 5.56 Å². The Hall–Kier alpha value is -1.13. The lowest BCUT2D eigenvalue weighted by molar-refractivity contribution is 0.123. The second-order valence-electron chi connectivity index (χ2n) is 4.41. The van der Waals surface area contributed by atoms with Gasteiger partial charge in [-0.25, -0.2) is 4.39 Å². The molecule has 0 aromatic heterocycles. The van der Waals surface area contributed by atoms with Gasteiger partial charge in [-0.05, 0) is 23.6 Å². The maximum absolute atomic E-state index is 13.4. The molecule has 0 saturated heterocycles. The molecule has 4 heteroatoms. The molecule has 0 fully saturated rings. The van der Waals surface area contributed by atoms with Crippen LogP contribution < -0.4 is 10.1 Å². The zero-order valence-electron chi connectivity index (χ0n) is 10.5. The summed E-state index contributed by atoms with van der Waals surface area (Å²) in [6.07, 6.45) is -0.377. The van der Waals surface area contributed by atoms with E-state index in [1.165, 1.54) is 13.2 Å². The largest absolute Gasteiger partial charge is 0.494 e. The lowest BCUT2D eigenvalue weighted by Crippen LogP contribution is -2.30. The Labute approximate surface area is 102 Å². The van der Waals surface area contributed by atoms with Crippen molar-refractivity contribution in [3.8, 4) is 5.75 Å². The zero-order chi connectivity index (χ0) is 12.8. The van der Waals surface area contributed by atoms with Gasteiger partial charge in [-0.3, -0.25) is 0 Å². The topological polar surface area (TPSA) is 41.5 Å². The van der Waals surface area contributed by atoms with E-state index in [0.29, 0.717) is 13.1 Å². The summed E-state index contributed by atoms with van der Waals surface area (Å²) in [6, 6.07) is 4.84. The van der Waals surface area contributed by atoms with Crippen LogP contribution in [0.1, 0.15) is 19.4 Å². The fourth-order valence-electron chi connectivity index (χ4n) is 1.42. The molecule has 1 rings (SSSR count). The van der Waals surface area contributed by atoms with E-state index >= 15 is 0 Å². The number of methoxy groups -OCH3 is 1. The Morgan fingerprint density at radius 1 is 1.41 bits per heavy atom. The fourth-order valence-corrected chi connectivity index (χ4v) is 1.42. The Kier molecular flexibility index (Phi) is 5.38. The second kappa shape index (κ2) is 6.57. The summed E-state index contributed by atoms with van der Waals surface area (Å²) in [5.41, 5.74) is 0.833. The van der Waals surface area contributed by atoms with Crippen LogP contribution in [0.4, 0.5) is 4.39 Å². The predicted octanol–water partition coefficient (Wildman–Crippen LogP) is 1.94. The van der Waals surface area contributed by atoms with E-state index in [-0.39, 0.29) is 23.6 Å². The van der Waals surface area contributed by atoms with Crippen molar-refractivity contribution < 1.29 is 14.2 Å². The van der Waals surface area contributed by atoms with Gasteiger partial charge in [0.05, 0.1) is 13.2 Å². The first kappa shape index (κ1) is 13.9. The molecule has 3 nitrogen and oxygen atoms in total. The summed E-state index contributed by atoms with van der Waals surface area (Å²) < 4.78 is 18.2. The number of aliphatic hydroxyl groups excluding tert-OH is 1. The van der Waals surface area contributed by atoms with E-state index in [9.17, 15) is 9.50 Å². The first-order chi connectivity index (χ1) is 8.04. The Balaban J connectivity index is 2.45. The zero-order valence-corrected chi connectivity index (χ0v) is 10.5. The number of halogens is 1. The number of rotatable bonds is 6. The second-order valence-corrected chi connectivity index (χ2v) is 4.41. The van der Waals surface area contributed by atoms with Crippen LogP contribution in [-0.2, 0) is 6.54 Å². The molecule has 0 aliphatic heterocycles. The number of hydrogen-bond donors (Lipinski definition) is 2. The number of benzene rings is 1. The summed E-state index contributed by atoms with van der Waals surface area (Å²) in [5.74, 6) is 0.0993. The van der Waals surface area contributed by atoms with Gasteiger partial charge in [0.1, 0.15) is 0 Å². The van der Waals surface area contributed by atoms with Crippen LogP contribution in [0.15, 0.2) is 18.2 Å². The molecule has 1 aromatic rings. The molecule has 0 spiro atoms. The smallest absolute Gasteiger partial charge is 0.165 e. The van der Waals surface area contributed by atoms with Crippen molar-refractivity contribution >= 4 is 0 Å². The number of nitrogens with one attached hydrogen (secondary N) is 1. The minimum atomic E-state index is -0.377. The maximum Gasteiger partial charge on any atom is 0.165 e. The molecule has 0 bridgehead atoms. The molecular weight excluding hydrogens is 221 g/mol. The Bertz CT molecular complexity index is 355. The highest BCUT2D eigenvalue weighted by molar-refractivity contribution is 5.29. The van der Waals surface area contributed by atoms with Crippen LogP contribution in [0.25, 0.3) is 0 Å². The van der Waals surface area contributed by atoms with Gasteiger partial charge in [-0.2, -0.15) is 0 Å². The van der Waals surface area contributed by atoms with E-state index < -0.39 is 0 Å². The number of ether oxygens (including phenoxy) is 1. The van der Waals surface area contributed by atoms with Crippen molar-refractivity contribution in [3.63, 3.8) is 0 Å². The molecule has 0 amide bonds. The minimum Gasteiger partial charge on any atom is -0.494 e. The lowest BCUT2D eigenvalue weighted by atomic mass is 10.1. The van der Waals surface area contributed by atoms with Crippen LogP contribution in [-0.4, -0.2) is 24.9 Å². The number of aliphatic hydroxyl groups is 1. The monoisotopic (exact) mass is 241 g/mol. The minimum absolute atomic E-state index is 0.218. The molecule has 0 aliphatic rings. The molecular formula is C13H20FNO2. The molecule has 96 valence electrons. The highest BCUT2D eigenvalue weighted by atomic mass is 19.1. The van der Waals surface area contributed by atoms with Crippen molar-refractivity contribution in [2.75, 3.05) is 13.7 Å². The van der Waals surface area contributed by atoms with Crippen molar-refractivity contribution in [1.82, 2.24) is 5.32 Å². The quantitative estimate of drug-likeness (QED) is 0.799. The van der Waals surface area contributed by atoms with Crippen LogP contribution in [0.2, 0.25) is 0 Å². The average molecular weight is 241 g/mol.